The molecule has 0 atom stereocenters. The Morgan fingerprint density at radius 3 is 2.30 bits per heavy atom. The zero-order valence-corrected chi connectivity index (χ0v) is 15.1. The van der Waals surface area contributed by atoms with Crippen LogP contribution in [0.25, 0.3) is 0 Å². The maximum absolute atomic E-state index is 12.3. The van der Waals surface area contributed by atoms with Crippen molar-refractivity contribution in [2.45, 2.75) is 25.9 Å². The van der Waals surface area contributed by atoms with Gasteiger partial charge in [-0.05, 0) is 37.8 Å². The maximum atomic E-state index is 12.3. The Morgan fingerprint density at radius 2 is 1.74 bits per heavy atom. The minimum absolute atomic E-state index is 0.0430. The minimum Gasteiger partial charge on any atom is -0.490 e. The number of halogens is 3. The molecular formula is C18H23F3N2O4. The summed E-state index contributed by atoms with van der Waals surface area (Å²) in [4.78, 5) is 24.7. The van der Waals surface area contributed by atoms with E-state index < -0.39 is 12.1 Å². The van der Waals surface area contributed by atoms with Crippen LogP contribution in [-0.2, 0) is 9.59 Å². The van der Waals surface area contributed by atoms with E-state index in [0.717, 1.165) is 0 Å². The van der Waals surface area contributed by atoms with Crippen LogP contribution >= 0.6 is 0 Å². The molecule has 27 heavy (non-hydrogen) atoms. The van der Waals surface area contributed by atoms with Crippen molar-refractivity contribution in [1.29, 1.82) is 0 Å². The third-order valence-corrected chi connectivity index (χ3v) is 4.28. The minimum atomic E-state index is -4.87. The molecule has 0 aromatic heterocycles. The number of para-hydroxylation sites is 2. The molecule has 6 nitrogen and oxygen atoms in total. The number of carbonyl (C=O) groups excluding carboxylic acids is 2. The number of amides is 2. The van der Waals surface area contributed by atoms with E-state index in [4.69, 9.17) is 9.47 Å². The van der Waals surface area contributed by atoms with Crippen LogP contribution in [0.1, 0.15) is 19.8 Å². The molecule has 1 aliphatic rings. The first kappa shape index (κ1) is 20.9. The molecule has 1 aromatic rings. The average molecular weight is 388 g/mol. The largest absolute Gasteiger partial charge is 0.490 e. The molecule has 0 unspecified atom stereocenters. The number of alkyl halides is 3. The second-order valence-corrected chi connectivity index (χ2v) is 6.20. The normalized spacial score (nSPS) is 15.3. The van der Waals surface area contributed by atoms with Crippen molar-refractivity contribution in [3.8, 4) is 11.5 Å². The van der Waals surface area contributed by atoms with E-state index in [-0.39, 0.29) is 25.0 Å². The Morgan fingerprint density at radius 1 is 1.15 bits per heavy atom. The number of nitrogens with zero attached hydrogens (tertiary/aromatic N) is 1. The lowest BCUT2D eigenvalue weighted by atomic mass is 9.97. The van der Waals surface area contributed by atoms with Crippen molar-refractivity contribution in [2.75, 3.05) is 32.8 Å². The first-order valence-electron chi connectivity index (χ1n) is 8.78. The van der Waals surface area contributed by atoms with Crippen molar-refractivity contribution in [1.82, 2.24) is 10.2 Å². The van der Waals surface area contributed by atoms with E-state index in [9.17, 15) is 22.8 Å². The van der Waals surface area contributed by atoms with Gasteiger partial charge in [-0.1, -0.05) is 12.1 Å². The highest BCUT2D eigenvalue weighted by Crippen LogP contribution is 2.26. The molecule has 0 radical (unpaired) electrons. The van der Waals surface area contributed by atoms with E-state index in [2.05, 4.69) is 0 Å². The van der Waals surface area contributed by atoms with Gasteiger partial charge in [0.25, 0.3) is 5.91 Å². The predicted molar refractivity (Wildman–Crippen MR) is 91.5 cm³/mol. The Hall–Kier alpha value is -2.45. The van der Waals surface area contributed by atoms with Gasteiger partial charge in [0.15, 0.2) is 18.1 Å². The third kappa shape index (κ3) is 6.33. The van der Waals surface area contributed by atoms with E-state index in [0.29, 0.717) is 44.0 Å². The van der Waals surface area contributed by atoms with Crippen molar-refractivity contribution >= 4 is 11.8 Å². The molecule has 1 saturated heterocycles. The molecule has 2 rings (SSSR count). The van der Waals surface area contributed by atoms with Gasteiger partial charge < -0.3 is 19.7 Å². The van der Waals surface area contributed by atoms with Gasteiger partial charge in [-0.3, -0.25) is 9.59 Å². The Labute approximate surface area is 155 Å². The van der Waals surface area contributed by atoms with Crippen LogP contribution < -0.4 is 14.8 Å². The van der Waals surface area contributed by atoms with Crippen LogP contribution in [0.4, 0.5) is 13.2 Å². The highest BCUT2D eigenvalue weighted by atomic mass is 19.4. The lowest BCUT2D eigenvalue weighted by Gasteiger charge is -2.32. The number of ether oxygens (including phenoxy) is 2. The molecule has 1 fully saturated rings. The van der Waals surface area contributed by atoms with E-state index in [1.807, 2.05) is 18.3 Å². The molecule has 1 heterocycles. The van der Waals surface area contributed by atoms with Crippen LogP contribution in [0.15, 0.2) is 24.3 Å². The summed E-state index contributed by atoms with van der Waals surface area (Å²) in [6.45, 7) is 2.98. The van der Waals surface area contributed by atoms with E-state index in [1.54, 1.807) is 23.1 Å². The maximum Gasteiger partial charge on any atom is 0.471 e. The van der Waals surface area contributed by atoms with Gasteiger partial charge in [0.2, 0.25) is 0 Å². The first-order valence-corrected chi connectivity index (χ1v) is 8.78. The summed E-state index contributed by atoms with van der Waals surface area (Å²) in [6, 6.07) is 7.06. The fourth-order valence-corrected chi connectivity index (χ4v) is 2.80. The number of piperidine rings is 1. The van der Waals surface area contributed by atoms with Gasteiger partial charge in [-0.15, -0.1) is 0 Å². The van der Waals surface area contributed by atoms with Gasteiger partial charge in [-0.2, -0.15) is 13.2 Å². The second-order valence-electron chi connectivity index (χ2n) is 6.20. The molecule has 0 bridgehead atoms. The first-order chi connectivity index (χ1) is 12.8. The van der Waals surface area contributed by atoms with Gasteiger partial charge in [-0.25, -0.2) is 0 Å². The fraction of sp³-hybridized carbons (Fsp3) is 0.556. The predicted octanol–water partition coefficient (Wildman–Crippen LogP) is 2.38. The number of carbonyl (C=O) groups is 2. The summed E-state index contributed by atoms with van der Waals surface area (Å²) in [6.07, 6.45) is -3.81. The van der Waals surface area contributed by atoms with Crippen LogP contribution in [0.2, 0.25) is 0 Å². The molecule has 0 spiro atoms. The average Bonchev–Trinajstić information content (AvgIpc) is 2.65. The van der Waals surface area contributed by atoms with Crippen molar-refractivity contribution in [3.63, 3.8) is 0 Å². The zero-order chi connectivity index (χ0) is 19.9. The topological polar surface area (TPSA) is 67.9 Å². The van der Waals surface area contributed by atoms with Crippen LogP contribution in [0, 0.1) is 5.92 Å². The number of rotatable bonds is 7. The lowest BCUT2D eigenvalue weighted by Crippen LogP contribution is -2.45. The molecule has 9 heteroatoms. The summed E-state index contributed by atoms with van der Waals surface area (Å²) < 4.78 is 47.5. The summed E-state index contributed by atoms with van der Waals surface area (Å²) >= 11 is 0. The number of hydrogen-bond donors (Lipinski definition) is 1. The summed E-state index contributed by atoms with van der Waals surface area (Å²) in [5.74, 6) is -1.16. The van der Waals surface area contributed by atoms with Crippen molar-refractivity contribution in [3.05, 3.63) is 24.3 Å². The molecule has 2 amide bonds. The zero-order valence-electron chi connectivity index (χ0n) is 15.1. The molecule has 1 aliphatic heterocycles. The van der Waals surface area contributed by atoms with Gasteiger partial charge in [0.1, 0.15) is 0 Å². The smallest absolute Gasteiger partial charge is 0.471 e. The number of likely N-dealkylation sites (tertiary alicyclic amines) is 1. The van der Waals surface area contributed by atoms with Crippen LogP contribution in [0.5, 0.6) is 11.5 Å². The van der Waals surface area contributed by atoms with Gasteiger partial charge >= 0.3 is 12.1 Å². The number of benzene rings is 1. The standard InChI is InChI=1S/C18H23F3N2O4/c1-2-26-14-5-3-4-6-15(14)27-12-16(24)23-9-7-13(8-10-23)11-22-17(25)18(19,20)21/h3-6,13H,2,7-12H2,1H3,(H,22,25). The lowest BCUT2D eigenvalue weighted by molar-refractivity contribution is -0.173. The molecule has 150 valence electrons. The van der Waals surface area contributed by atoms with Crippen molar-refractivity contribution < 1.29 is 32.2 Å². The summed E-state index contributed by atoms with van der Waals surface area (Å²) in [5, 5.41) is 1.90. The van der Waals surface area contributed by atoms with Gasteiger partial charge in [0, 0.05) is 19.6 Å². The SMILES string of the molecule is CCOc1ccccc1OCC(=O)N1CCC(CNC(=O)C(F)(F)F)CC1. The highest BCUT2D eigenvalue weighted by molar-refractivity contribution is 5.81. The Balaban J connectivity index is 1.74. The van der Waals surface area contributed by atoms with Gasteiger partial charge in [0.05, 0.1) is 6.61 Å². The Kier molecular flexibility index (Phi) is 7.32. The summed E-state index contributed by atoms with van der Waals surface area (Å²) in [5.41, 5.74) is 0. The number of hydrogen-bond acceptors (Lipinski definition) is 4. The highest BCUT2D eigenvalue weighted by Gasteiger charge is 2.38. The van der Waals surface area contributed by atoms with Crippen LogP contribution in [0.3, 0.4) is 0 Å². The quantitative estimate of drug-likeness (QED) is 0.779. The molecule has 1 N–H and O–H groups in total. The van der Waals surface area contributed by atoms with E-state index >= 15 is 0 Å². The molecule has 0 aliphatic carbocycles. The molecule has 1 aromatic carbocycles. The van der Waals surface area contributed by atoms with Crippen LogP contribution in [-0.4, -0.2) is 55.7 Å². The summed E-state index contributed by atoms with van der Waals surface area (Å²) in [7, 11) is 0. The van der Waals surface area contributed by atoms with E-state index in [1.165, 1.54) is 0 Å². The Bertz CT molecular complexity index is 644. The second kappa shape index (κ2) is 9.48. The number of nitrogens with one attached hydrogen (secondary N) is 1. The molecular weight excluding hydrogens is 365 g/mol. The van der Waals surface area contributed by atoms with Crippen molar-refractivity contribution in [2.24, 2.45) is 5.92 Å². The third-order valence-electron chi connectivity index (χ3n) is 4.28. The molecule has 0 saturated carbocycles. The fourth-order valence-electron chi connectivity index (χ4n) is 2.80. The monoisotopic (exact) mass is 388 g/mol.